The summed E-state index contributed by atoms with van der Waals surface area (Å²) in [4.78, 5) is 13.3. The Morgan fingerprint density at radius 3 is 2.41 bits per heavy atom. The Morgan fingerprint density at radius 2 is 1.88 bits per heavy atom. The maximum Gasteiger partial charge on any atom is 0.253 e. The number of nitrogens with one attached hydrogen (secondary N) is 1. The van der Waals surface area contributed by atoms with Crippen LogP contribution in [0.1, 0.15) is 16.8 Å². The Balaban J connectivity index is 2.68. The molecule has 0 bridgehead atoms. The second-order valence-electron chi connectivity index (χ2n) is 3.84. The molecule has 0 atom stereocenters. The summed E-state index contributed by atoms with van der Waals surface area (Å²) >= 11 is 0. The van der Waals surface area contributed by atoms with Gasteiger partial charge in [-0.3, -0.25) is 4.79 Å². The number of hydrogen-bond acceptors (Lipinski definition) is 2. The molecule has 0 aliphatic heterocycles. The van der Waals surface area contributed by atoms with Crippen LogP contribution in [0, 0.1) is 11.6 Å². The highest BCUT2D eigenvalue weighted by atomic mass is 19.1. The minimum absolute atomic E-state index is 0.0365. The summed E-state index contributed by atoms with van der Waals surface area (Å²) in [5, 5.41) is 2.96. The molecule has 0 saturated heterocycles. The first-order valence-corrected chi connectivity index (χ1v) is 5.40. The fourth-order valence-corrected chi connectivity index (χ4v) is 1.49. The topological polar surface area (TPSA) is 32.3 Å². The van der Waals surface area contributed by atoms with Crippen LogP contribution in [0.4, 0.5) is 8.78 Å². The van der Waals surface area contributed by atoms with E-state index in [0.29, 0.717) is 6.54 Å². The van der Waals surface area contributed by atoms with Crippen LogP contribution in [0.15, 0.2) is 18.2 Å². The van der Waals surface area contributed by atoms with E-state index in [2.05, 4.69) is 5.32 Å². The Labute approximate surface area is 99.4 Å². The molecule has 94 valence electrons. The van der Waals surface area contributed by atoms with Gasteiger partial charge in [0.2, 0.25) is 0 Å². The molecular formula is C12H16F2N2O. The molecule has 0 radical (unpaired) electrons. The lowest BCUT2D eigenvalue weighted by atomic mass is 10.2. The first-order valence-electron chi connectivity index (χ1n) is 5.40. The minimum atomic E-state index is -0.739. The molecule has 3 nitrogen and oxygen atoms in total. The molecule has 1 aromatic rings. The van der Waals surface area contributed by atoms with Crippen molar-refractivity contribution in [1.29, 1.82) is 0 Å². The van der Waals surface area contributed by atoms with Crippen molar-refractivity contribution < 1.29 is 13.6 Å². The van der Waals surface area contributed by atoms with Crippen molar-refractivity contribution in [2.75, 3.05) is 27.2 Å². The van der Waals surface area contributed by atoms with Crippen molar-refractivity contribution in [3.05, 3.63) is 35.4 Å². The van der Waals surface area contributed by atoms with Gasteiger partial charge in [-0.25, -0.2) is 8.78 Å². The van der Waals surface area contributed by atoms with Crippen LogP contribution < -0.4 is 5.32 Å². The van der Waals surface area contributed by atoms with E-state index in [-0.39, 0.29) is 11.5 Å². The summed E-state index contributed by atoms with van der Waals surface area (Å²) in [7, 11) is 3.44. The average molecular weight is 242 g/mol. The summed E-state index contributed by atoms with van der Waals surface area (Å²) in [5.41, 5.74) is 0.0365. The number of rotatable bonds is 5. The maximum absolute atomic E-state index is 12.9. The van der Waals surface area contributed by atoms with Crippen molar-refractivity contribution in [3.8, 4) is 0 Å². The van der Waals surface area contributed by atoms with E-state index in [1.54, 1.807) is 7.05 Å². The largest absolute Gasteiger partial charge is 0.342 e. The van der Waals surface area contributed by atoms with Gasteiger partial charge in [-0.15, -0.1) is 0 Å². The Hall–Kier alpha value is -1.49. The Morgan fingerprint density at radius 1 is 1.29 bits per heavy atom. The predicted octanol–water partition coefficient (Wildman–Crippen LogP) is 1.65. The zero-order valence-corrected chi connectivity index (χ0v) is 9.96. The highest BCUT2D eigenvalue weighted by molar-refractivity contribution is 5.94. The van der Waals surface area contributed by atoms with Crippen molar-refractivity contribution >= 4 is 5.91 Å². The second-order valence-corrected chi connectivity index (χ2v) is 3.84. The summed E-state index contributed by atoms with van der Waals surface area (Å²) in [5.74, 6) is -1.85. The van der Waals surface area contributed by atoms with E-state index in [1.165, 1.54) is 4.90 Å². The molecule has 0 aliphatic carbocycles. The zero-order chi connectivity index (χ0) is 12.8. The third-order valence-corrected chi connectivity index (χ3v) is 2.38. The SMILES string of the molecule is CNCCCN(C)C(=O)c1cc(F)cc(F)c1. The highest BCUT2D eigenvalue weighted by Gasteiger charge is 2.13. The quantitative estimate of drug-likeness (QED) is 0.796. The molecule has 1 amide bonds. The van der Waals surface area contributed by atoms with Crippen LogP contribution >= 0.6 is 0 Å². The molecule has 0 unspecified atom stereocenters. The molecule has 1 N–H and O–H groups in total. The van der Waals surface area contributed by atoms with Crippen LogP contribution in [0.2, 0.25) is 0 Å². The molecule has 17 heavy (non-hydrogen) atoms. The summed E-state index contributed by atoms with van der Waals surface area (Å²) in [6.45, 7) is 1.33. The van der Waals surface area contributed by atoms with Gasteiger partial charge in [0.05, 0.1) is 0 Å². The van der Waals surface area contributed by atoms with Crippen molar-refractivity contribution in [3.63, 3.8) is 0 Å². The summed E-state index contributed by atoms with van der Waals surface area (Å²) in [6.07, 6.45) is 0.788. The number of benzene rings is 1. The van der Waals surface area contributed by atoms with Gasteiger partial charge in [-0.1, -0.05) is 0 Å². The third kappa shape index (κ3) is 4.11. The monoisotopic (exact) mass is 242 g/mol. The lowest BCUT2D eigenvalue weighted by Crippen LogP contribution is -2.29. The van der Waals surface area contributed by atoms with Crippen molar-refractivity contribution in [2.45, 2.75) is 6.42 Å². The smallest absolute Gasteiger partial charge is 0.253 e. The number of carbonyl (C=O) groups excluding carboxylic acids is 1. The highest BCUT2D eigenvalue weighted by Crippen LogP contribution is 2.10. The minimum Gasteiger partial charge on any atom is -0.342 e. The van der Waals surface area contributed by atoms with Crippen LogP contribution in [0.5, 0.6) is 0 Å². The van der Waals surface area contributed by atoms with E-state index >= 15 is 0 Å². The van der Waals surface area contributed by atoms with Crippen LogP contribution in [-0.2, 0) is 0 Å². The van der Waals surface area contributed by atoms with Gasteiger partial charge in [0.15, 0.2) is 0 Å². The van der Waals surface area contributed by atoms with Gasteiger partial charge in [-0.2, -0.15) is 0 Å². The van der Waals surface area contributed by atoms with E-state index < -0.39 is 11.6 Å². The molecule has 5 heteroatoms. The predicted molar refractivity (Wildman–Crippen MR) is 61.9 cm³/mol. The Bertz CT molecular complexity index is 376. The first kappa shape index (κ1) is 13.6. The van der Waals surface area contributed by atoms with E-state index in [0.717, 1.165) is 31.2 Å². The molecule has 0 heterocycles. The molecule has 0 aromatic heterocycles. The van der Waals surface area contributed by atoms with E-state index in [1.807, 2.05) is 7.05 Å². The average Bonchev–Trinajstić information content (AvgIpc) is 2.27. The van der Waals surface area contributed by atoms with Crippen molar-refractivity contribution in [2.24, 2.45) is 0 Å². The number of carbonyl (C=O) groups is 1. The molecule has 1 rings (SSSR count). The van der Waals surface area contributed by atoms with Gasteiger partial charge in [0, 0.05) is 25.2 Å². The first-order chi connectivity index (χ1) is 8.04. The van der Waals surface area contributed by atoms with Gasteiger partial charge in [-0.05, 0) is 32.1 Å². The second kappa shape index (κ2) is 6.30. The standard InChI is InChI=1S/C12H16F2N2O/c1-15-4-3-5-16(2)12(17)9-6-10(13)8-11(14)7-9/h6-8,15H,3-5H2,1-2H3. The summed E-state index contributed by atoms with van der Waals surface area (Å²) in [6, 6.07) is 2.83. The van der Waals surface area contributed by atoms with Gasteiger partial charge in [0.25, 0.3) is 5.91 Å². The molecule has 0 spiro atoms. The molecule has 1 aromatic carbocycles. The number of amides is 1. The van der Waals surface area contributed by atoms with Crippen molar-refractivity contribution in [1.82, 2.24) is 10.2 Å². The molecular weight excluding hydrogens is 226 g/mol. The van der Waals surface area contributed by atoms with Crippen LogP contribution in [-0.4, -0.2) is 38.0 Å². The maximum atomic E-state index is 12.9. The van der Waals surface area contributed by atoms with E-state index in [9.17, 15) is 13.6 Å². The lowest BCUT2D eigenvalue weighted by Gasteiger charge is -2.17. The zero-order valence-electron chi connectivity index (χ0n) is 9.96. The summed E-state index contributed by atoms with van der Waals surface area (Å²) < 4.78 is 25.9. The van der Waals surface area contributed by atoms with Gasteiger partial charge in [0.1, 0.15) is 11.6 Å². The third-order valence-electron chi connectivity index (χ3n) is 2.38. The van der Waals surface area contributed by atoms with Gasteiger partial charge >= 0.3 is 0 Å². The molecule has 0 fully saturated rings. The van der Waals surface area contributed by atoms with Crippen LogP contribution in [0.3, 0.4) is 0 Å². The normalized spacial score (nSPS) is 10.4. The van der Waals surface area contributed by atoms with Gasteiger partial charge < -0.3 is 10.2 Å². The van der Waals surface area contributed by atoms with Crippen LogP contribution in [0.25, 0.3) is 0 Å². The fourth-order valence-electron chi connectivity index (χ4n) is 1.49. The lowest BCUT2D eigenvalue weighted by molar-refractivity contribution is 0.0792. The molecule has 0 aliphatic rings. The molecule has 0 saturated carbocycles. The fraction of sp³-hybridized carbons (Fsp3) is 0.417. The number of hydrogen-bond donors (Lipinski definition) is 1. The van der Waals surface area contributed by atoms with E-state index in [4.69, 9.17) is 0 Å². The number of halogens is 2. The Kier molecular flexibility index (Phi) is 5.03. The number of nitrogens with zero attached hydrogens (tertiary/aromatic N) is 1.